The summed E-state index contributed by atoms with van der Waals surface area (Å²) in [6.45, 7) is 0. The van der Waals surface area contributed by atoms with Crippen molar-refractivity contribution in [2.45, 2.75) is 24.4 Å². The van der Waals surface area contributed by atoms with Crippen molar-refractivity contribution in [1.29, 1.82) is 0 Å². The third-order valence-electron chi connectivity index (χ3n) is 2.53. The zero-order valence-corrected chi connectivity index (χ0v) is 10.3. The van der Waals surface area contributed by atoms with Crippen molar-refractivity contribution in [1.82, 2.24) is 0 Å². The number of hydrogen-bond donors (Lipinski definition) is 1. The topological polar surface area (TPSA) is 37.3 Å². The van der Waals surface area contributed by atoms with Gasteiger partial charge in [0.15, 0.2) is 5.78 Å². The summed E-state index contributed by atoms with van der Waals surface area (Å²) < 4.78 is 74.5. The molecule has 0 unspecified atom stereocenters. The average molecular weight is 321 g/mol. The van der Waals surface area contributed by atoms with E-state index in [0.29, 0.717) is 0 Å². The van der Waals surface area contributed by atoms with E-state index in [2.05, 4.69) is 0 Å². The van der Waals surface area contributed by atoms with Crippen LogP contribution in [0.25, 0.3) is 0 Å². The first-order chi connectivity index (χ1) is 8.90. The van der Waals surface area contributed by atoms with Crippen LogP contribution in [0.1, 0.15) is 16.8 Å². The molecule has 0 heterocycles. The number of alkyl halides is 6. The predicted molar refractivity (Wildman–Crippen MR) is 57.5 cm³/mol. The molecule has 1 aromatic rings. The molecule has 0 saturated heterocycles. The van der Waals surface area contributed by atoms with Crippen LogP contribution in [-0.2, 0) is 0 Å². The lowest BCUT2D eigenvalue weighted by atomic mass is 9.92. The molecule has 0 bridgehead atoms. The number of halogens is 7. The molecule has 1 rings (SSSR count). The lowest BCUT2D eigenvalue weighted by molar-refractivity contribution is -0.365. The Hall–Kier alpha value is -1.28. The maximum Gasteiger partial charge on any atom is 0.426 e. The van der Waals surface area contributed by atoms with Crippen molar-refractivity contribution < 1.29 is 36.2 Å². The molecule has 0 aliphatic heterocycles. The number of benzene rings is 1. The van der Waals surface area contributed by atoms with Crippen LogP contribution < -0.4 is 0 Å². The molecule has 2 nitrogen and oxygen atoms in total. The Bertz CT molecular complexity index is 494. The van der Waals surface area contributed by atoms with Gasteiger partial charge in [-0.1, -0.05) is 23.7 Å². The van der Waals surface area contributed by atoms with Gasteiger partial charge in [-0.15, -0.1) is 0 Å². The number of aliphatic hydroxyl groups is 1. The second kappa shape index (κ2) is 5.25. The molecule has 0 saturated carbocycles. The van der Waals surface area contributed by atoms with Crippen molar-refractivity contribution in [3.8, 4) is 0 Å². The fourth-order valence-corrected chi connectivity index (χ4v) is 1.62. The number of hydrogen-bond acceptors (Lipinski definition) is 2. The third-order valence-corrected chi connectivity index (χ3v) is 2.86. The highest BCUT2D eigenvalue weighted by atomic mass is 35.5. The minimum absolute atomic E-state index is 0.302. The third kappa shape index (κ3) is 3.06. The number of carbonyl (C=O) groups excluding carboxylic acids is 1. The second-order valence-corrected chi connectivity index (χ2v) is 4.34. The second-order valence-electron chi connectivity index (χ2n) is 3.94. The lowest BCUT2D eigenvalue weighted by Crippen LogP contribution is -2.57. The lowest BCUT2D eigenvalue weighted by Gasteiger charge is -2.31. The van der Waals surface area contributed by atoms with Gasteiger partial charge in [-0.05, 0) is 12.1 Å². The van der Waals surface area contributed by atoms with E-state index in [9.17, 15) is 31.1 Å². The Morgan fingerprint density at radius 2 is 1.50 bits per heavy atom. The standard InChI is InChI=1S/C11H7ClF6O2/c12-7-4-2-1-3-6(7)8(19)5-9(20,10(13,14)15)11(16,17)18/h1-4,20H,5H2. The van der Waals surface area contributed by atoms with Crippen LogP contribution >= 0.6 is 11.6 Å². The summed E-state index contributed by atoms with van der Waals surface area (Å²) in [5.74, 6) is -1.56. The first kappa shape index (κ1) is 16.8. The summed E-state index contributed by atoms with van der Waals surface area (Å²) in [7, 11) is 0. The van der Waals surface area contributed by atoms with Gasteiger partial charge in [-0.3, -0.25) is 4.79 Å². The van der Waals surface area contributed by atoms with Gasteiger partial charge in [0.1, 0.15) is 0 Å². The van der Waals surface area contributed by atoms with E-state index >= 15 is 0 Å². The van der Waals surface area contributed by atoms with Gasteiger partial charge in [-0.2, -0.15) is 26.3 Å². The monoisotopic (exact) mass is 320 g/mol. The van der Waals surface area contributed by atoms with Crippen LogP contribution in [-0.4, -0.2) is 28.8 Å². The Morgan fingerprint density at radius 1 is 1.05 bits per heavy atom. The molecule has 0 amide bonds. The largest absolute Gasteiger partial charge is 0.426 e. The number of carbonyl (C=O) groups is 1. The Labute approximate surface area is 114 Å². The van der Waals surface area contributed by atoms with Gasteiger partial charge in [-0.25, -0.2) is 0 Å². The van der Waals surface area contributed by atoms with E-state index in [1.807, 2.05) is 0 Å². The first-order valence-corrected chi connectivity index (χ1v) is 5.41. The summed E-state index contributed by atoms with van der Waals surface area (Å²) >= 11 is 5.51. The van der Waals surface area contributed by atoms with Gasteiger partial charge < -0.3 is 5.11 Å². The molecule has 9 heteroatoms. The molecule has 112 valence electrons. The highest BCUT2D eigenvalue weighted by molar-refractivity contribution is 6.34. The van der Waals surface area contributed by atoms with Crippen molar-refractivity contribution >= 4 is 17.4 Å². The molecular weight excluding hydrogens is 314 g/mol. The minimum atomic E-state index is -6.04. The van der Waals surface area contributed by atoms with E-state index in [0.717, 1.165) is 12.1 Å². The van der Waals surface area contributed by atoms with E-state index in [1.165, 1.54) is 12.1 Å². The highest BCUT2D eigenvalue weighted by Gasteiger charge is 2.70. The van der Waals surface area contributed by atoms with Gasteiger partial charge in [0.05, 0.1) is 11.4 Å². The summed E-state index contributed by atoms with van der Waals surface area (Å²) in [4.78, 5) is 11.5. The summed E-state index contributed by atoms with van der Waals surface area (Å²) in [5.41, 5.74) is -5.64. The molecule has 0 aliphatic carbocycles. The highest BCUT2D eigenvalue weighted by Crippen LogP contribution is 2.45. The number of rotatable bonds is 3. The Kier molecular flexibility index (Phi) is 4.40. The summed E-state index contributed by atoms with van der Waals surface area (Å²) in [5, 5.41) is 8.59. The van der Waals surface area contributed by atoms with Crippen LogP contribution in [0.2, 0.25) is 5.02 Å². The number of ketones is 1. The normalized spacial score (nSPS) is 13.4. The van der Waals surface area contributed by atoms with Crippen molar-refractivity contribution in [3.05, 3.63) is 34.9 Å². The van der Waals surface area contributed by atoms with Gasteiger partial charge in [0, 0.05) is 5.56 Å². The molecule has 0 aliphatic rings. The maximum atomic E-state index is 12.4. The molecular formula is C11H7ClF6O2. The molecule has 0 atom stereocenters. The molecule has 1 N–H and O–H groups in total. The average Bonchev–Trinajstić information content (AvgIpc) is 2.26. The fraction of sp³-hybridized carbons (Fsp3) is 0.364. The van der Waals surface area contributed by atoms with Gasteiger partial charge in [0.2, 0.25) is 0 Å². The molecule has 1 aromatic carbocycles. The van der Waals surface area contributed by atoms with E-state index in [-0.39, 0.29) is 5.02 Å². The smallest absolute Gasteiger partial charge is 0.373 e. The van der Waals surface area contributed by atoms with Gasteiger partial charge >= 0.3 is 12.4 Å². The van der Waals surface area contributed by atoms with Gasteiger partial charge in [0.25, 0.3) is 5.60 Å². The van der Waals surface area contributed by atoms with Crippen LogP contribution in [0.4, 0.5) is 26.3 Å². The van der Waals surface area contributed by atoms with Crippen molar-refractivity contribution in [2.75, 3.05) is 0 Å². The van der Waals surface area contributed by atoms with E-state index in [1.54, 1.807) is 0 Å². The zero-order chi connectivity index (χ0) is 15.8. The van der Waals surface area contributed by atoms with E-state index < -0.39 is 35.7 Å². The Morgan fingerprint density at radius 3 is 1.90 bits per heavy atom. The summed E-state index contributed by atoms with van der Waals surface area (Å²) in [6, 6.07) is 4.67. The molecule has 0 spiro atoms. The molecule has 0 radical (unpaired) electrons. The van der Waals surface area contributed by atoms with E-state index in [4.69, 9.17) is 16.7 Å². The first-order valence-electron chi connectivity index (χ1n) is 5.04. The summed E-state index contributed by atoms with van der Waals surface area (Å²) in [6.07, 6.45) is -14.3. The van der Waals surface area contributed by atoms with Crippen LogP contribution in [0.15, 0.2) is 24.3 Å². The zero-order valence-electron chi connectivity index (χ0n) is 9.52. The Balaban J connectivity index is 3.17. The van der Waals surface area contributed by atoms with Crippen LogP contribution in [0, 0.1) is 0 Å². The van der Waals surface area contributed by atoms with Crippen molar-refractivity contribution in [2.24, 2.45) is 0 Å². The molecule has 0 fully saturated rings. The minimum Gasteiger partial charge on any atom is -0.373 e. The van der Waals surface area contributed by atoms with Crippen LogP contribution in [0.3, 0.4) is 0 Å². The predicted octanol–water partition coefficient (Wildman–Crippen LogP) is 3.77. The SMILES string of the molecule is O=C(CC(O)(C(F)(F)F)C(F)(F)F)c1ccccc1Cl. The van der Waals surface area contributed by atoms with Crippen LogP contribution in [0.5, 0.6) is 0 Å². The maximum absolute atomic E-state index is 12.4. The molecule has 0 aromatic heterocycles. The van der Waals surface area contributed by atoms with Crippen molar-refractivity contribution in [3.63, 3.8) is 0 Å². The fourth-order valence-electron chi connectivity index (χ4n) is 1.38. The number of Topliss-reactive ketones (excluding diaryl/α,β-unsaturated/α-hetero) is 1. The molecule has 20 heavy (non-hydrogen) atoms. The quantitative estimate of drug-likeness (QED) is 0.680.